The van der Waals surface area contributed by atoms with Gasteiger partial charge in [-0.05, 0) is 47.7 Å². The van der Waals surface area contributed by atoms with E-state index in [2.05, 4.69) is 0 Å². The normalized spacial score (nSPS) is 17.4. The van der Waals surface area contributed by atoms with Crippen molar-refractivity contribution >= 4 is 40.6 Å². The van der Waals surface area contributed by atoms with Crippen molar-refractivity contribution in [1.29, 1.82) is 0 Å². The van der Waals surface area contributed by atoms with Crippen molar-refractivity contribution in [3.63, 3.8) is 0 Å². The smallest absolute Gasteiger partial charge is 0.416 e. The molecule has 2 saturated heterocycles. The average molecular weight is 537 g/mol. The molecule has 0 spiro atoms. The van der Waals surface area contributed by atoms with Gasteiger partial charge in [-0.15, -0.1) is 0 Å². The highest BCUT2D eigenvalue weighted by atomic mass is 32.2. The van der Waals surface area contributed by atoms with E-state index in [4.69, 9.17) is 9.47 Å². The summed E-state index contributed by atoms with van der Waals surface area (Å²) in [5, 5.41) is 10.7. The third kappa shape index (κ3) is 6.09. The number of thioether (sulfide) groups is 1. The molecule has 0 aliphatic carbocycles. The Bertz CT molecular complexity index is 1280. The number of rotatable bonds is 6. The summed E-state index contributed by atoms with van der Waals surface area (Å²) in [5.74, 6) is -1.25. The molecule has 0 aromatic heterocycles. The summed E-state index contributed by atoms with van der Waals surface area (Å²) in [6.07, 6.45) is -3.31. The van der Waals surface area contributed by atoms with Gasteiger partial charge in [0.2, 0.25) is 11.7 Å². The molecule has 0 atom stereocenters. The molecule has 14 heteroatoms. The largest absolute Gasteiger partial charge is 0.450 e. The maximum atomic E-state index is 12.9. The number of hydrogen-bond donors (Lipinski definition) is 0. The Balaban J connectivity index is 1.45. The molecule has 4 rings (SSSR count). The van der Waals surface area contributed by atoms with Gasteiger partial charge in [0, 0.05) is 19.2 Å². The number of carbonyl (C=O) groups is 3. The van der Waals surface area contributed by atoms with Crippen LogP contribution in [-0.4, -0.2) is 64.6 Å². The fraction of sp³-hybridized carbons (Fsp3) is 0.261. The standard InChI is InChI=1S/C23H18F3N3O7S/c24-23(25,26)15-3-6-18(17(12-15)29(33)34)36-16-4-1-14(2-5-16)11-19-21(31)28(22(32)37-19)13-20(30)27-7-9-35-10-8-27/h1-6,11-12H,7-10,13H2/b19-11+. The van der Waals surface area contributed by atoms with Crippen LogP contribution in [0.4, 0.5) is 23.7 Å². The minimum Gasteiger partial charge on any atom is -0.450 e. The van der Waals surface area contributed by atoms with Gasteiger partial charge in [-0.1, -0.05) is 12.1 Å². The molecular formula is C23H18F3N3O7S. The van der Waals surface area contributed by atoms with Crippen LogP contribution < -0.4 is 4.74 Å². The second kappa shape index (κ2) is 10.6. The zero-order valence-electron chi connectivity index (χ0n) is 18.9. The van der Waals surface area contributed by atoms with E-state index in [1.54, 1.807) is 0 Å². The zero-order chi connectivity index (χ0) is 26.7. The molecule has 37 heavy (non-hydrogen) atoms. The maximum absolute atomic E-state index is 12.9. The Morgan fingerprint density at radius 2 is 1.81 bits per heavy atom. The second-order valence-corrected chi connectivity index (χ2v) is 8.86. The van der Waals surface area contributed by atoms with Gasteiger partial charge in [0.25, 0.3) is 11.1 Å². The van der Waals surface area contributed by atoms with Crippen LogP contribution in [0.2, 0.25) is 0 Å². The molecule has 0 bridgehead atoms. The lowest BCUT2D eigenvalue weighted by atomic mass is 10.1. The first kappa shape index (κ1) is 26.2. The maximum Gasteiger partial charge on any atom is 0.416 e. The van der Waals surface area contributed by atoms with E-state index in [1.165, 1.54) is 35.2 Å². The molecule has 3 amide bonds. The third-order valence-electron chi connectivity index (χ3n) is 5.42. The number of ether oxygens (including phenoxy) is 2. The lowest BCUT2D eigenvalue weighted by molar-refractivity contribution is -0.385. The van der Waals surface area contributed by atoms with E-state index in [-0.39, 0.29) is 28.9 Å². The van der Waals surface area contributed by atoms with Crippen molar-refractivity contribution in [1.82, 2.24) is 9.80 Å². The summed E-state index contributed by atoms with van der Waals surface area (Å²) < 4.78 is 49.2. The van der Waals surface area contributed by atoms with Crippen molar-refractivity contribution in [3.05, 3.63) is 68.6 Å². The van der Waals surface area contributed by atoms with Crippen molar-refractivity contribution in [3.8, 4) is 11.5 Å². The first-order valence-electron chi connectivity index (χ1n) is 10.8. The molecule has 2 aliphatic heterocycles. The number of morpholine rings is 1. The monoisotopic (exact) mass is 537 g/mol. The molecular weight excluding hydrogens is 519 g/mol. The SMILES string of the molecule is O=C(CN1C(=O)S/C(=C/c2ccc(Oc3ccc(C(F)(F)F)cc3[N+](=O)[O-])cc2)C1=O)N1CCOCC1. The van der Waals surface area contributed by atoms with Crippen LogP contribution in [0, 0.1) is 10.1 Å². The highest BCUT2D eigenvalue weighted by Gasteiger charge is 2.37. The number of nitrogens with zero attached hydrogens (tertiary/aromatic N) is 3. The number of alkyl halides is 3. The van der Waals surface area contributed by atoms with Gasteiger partial charge >= 0.3 is 11.9 Å². The number of imide groups is 1. The Morgan fingerprint density at radius 1 is 1.14 bits per heavy atom. The minimum absolute atomic E-state index is 0.101. The summed E-state index contributed by atoms with van der Waals surface area (Å²) in [7, 11) is 0. The van der Waals surface area contributed by atoms with Gasteiger partial charge < -0.3 is 14.4 Å². The molecule has 0 N–H and O–H groups in total. The number of halogens is 3. The highest BCUT2D eigenvalue weighted by Crippen LogP contribution is 2.38. The van der Waals surface area contributed by atoms with Crippen LogP contribution in [-0.2, 0) is 20.5 Å². The molecule has 2 aromatic rings. The third-order valence-corrected chi connectivity index (χ3v) is 6.33. The molecule has 2 aliphatic rings. The fourth-order valence-electron chi connectivity index (χ4n) is 3.52. The second-order valence-electron chi connectivity index (χ2n) is 7.87. The summed E-state index contributed by atoms with van der Waals surface area (Å²) in [6.45, 7) is 1.17. The molecule has 2 heterocycles. The van der Waals surface area contributed by atoms with Gasteiger partial charge in [-0.25, -0.2) is 0 Å². The highest BCUT2D eigenvalue weighted by molar-refractivity contribution is 8.18. The number of nitro benzene ring substituents is 1. The number of benzene rings is 2. The first-order chi connectivity index (χ1) is 17.5. The lowest BCUT2D eigenvalue weighted by Gasteiger charge is -2.28. The molecule has 0 saturated carbocycles. The van der Waals surface area contributed by atoms with Gasteiger partial charge in [-0.2, -0.15) is 13.2 Å². The molecule has 194 valence electrons. The molecule has 2 fully saturated rings. The van der Waals surface area contributed by atoms with Crippen LogP contribution in [0.5, 0.6) is 11.5 Å². The van der Waals surface area contributed by atoms with Gasteiger partial charge in [0.05, 0.1) is 28.6 Å². The van der Waals surface area contributed by atoms with E-state index in [1.807, 2.05) is 0 Å². The average Bonchev–Trinajstić information content (AvgIpc) is 3.12. The van der Waals surface area contributed by atoms with Crippen LogP contribution in [0.25, 0.3) is 6.08 Å². The van der Waals surface area contributed by atoms with Crippen LogP contribution in [0.15, 0.2) is 47.4 Å². The van der Waals surface area contributed by atoms with E-state index < -0.39 is 33.5 Å². The Hall–Kier alpha value is -3.91. The quantitative estimate of drug-likeness (QED) is 0.304. The van der Waals surface area contributed by atoms with Crippen molar-refractivity contribution < 1.29 is 42.0 Å². The Kier molecular flexibility index (Phi) is 7.50. The number of hydrogen-bond acceptors (Lipinski definition) is 8. The van der Waals surface area contributed by atoms with Crippen molar-refractivity contribution in [2.45, 2.75) is 6.18 Å². The molecule has 0 unspecified atom stereocenters. The van der Waals surface area contributed by atoms with Crippen LogP contribution in [0.3, 0.4) is 0 Å². The van der Waals surface area contributed by atoms with Crippen molar-refractivity contribution in [2.75, 3.05) is 32.8 Å². The Morgan fingerprint density at radius 3 is 2.43 bits per heavy atom. The molecule has 10 nitrogen and oxygen atoms in total. The summed E-state index contributed by atoms with van der Waals surface area (Å²) in [4.78, 5) is 50.2. The lowest BCUT2D eigenvalue weighted by Crippen LogP contribution is -2.46. The summed E-state index contributed by atoms with van der Waals surface area (Å²) >= 11 is 0.686. The van der Waals surface area contributed by atoms with Gasteiger partial charge in [0.1, 0.15) is 12.3 Å². The number of nitro groups is 1. The summed E-state index contributed by atoms with van der Waals surface area (Å²) in [5.41, 5.74) is -1.54. The molecule has 0 radical (unpaired) electrons. The predicted molar refractivity (Wildman–Crippen MR) is 125 cm³/mol. The predicted octanol–water partition coefficient (Wildman–Crippen LogP) is 4.30. The zero-order valence-corrected chi connectivity index (χ0v) is 19.7. The van der Waals surface area contributed by atoms with Crippen LogP contribution >= 0.6 is 11.8 Å². The van der Waals surface area contributed by atoms with E-state index in [0.717, 1.165) is 11.0 Å². The molecule has 2 aromatic carbocycles. The van der Waals surface area contributed by atoms with E-state index in [9.17, 15) is 37.7 Å². The fourth-order valence-corrected chi connectivity index (χ4v) is 4.36. The topological polar surface area (TPSA) is 119 Å². The number of carbonyl (C=O) groups excluding carboxylic acids is 3. The first-order valence-corrected chi connectivity index (χ1v) is 11.6. The Labute approximate surface area is 211 Å². The number of amides is 3. The summed E-state index contributed by atoms with van der Waals surface area (Å²) in [6, 6.07) is 7.73. The van der Waals surface area contributed by atoms with Gasteiger partial charge in [-0.3, -0.25) is 29.4 Å². The minimum atomic E-state index is -4.75. The van der Waals surface area contributed by atoms with E-state index >= 15 is 0 Å². The van der Waals surface area contributed by atoms with Crippen molar-refractivity contribution in [2.24, 2.45) is 0 Å². The van der Waals surface area contributed by atoms with E-state index in [0.29, 0.717) is 55.8 Å². The van der Waals surface area contributed by atoms with Gasteiger partial charge in [0.15, 0.2) is 0 Å². The van der Waals surface area contributed by atoms with Crippen LogP contribution in [0.1, 0.15) is 11.1 Å².